The summed E-state index contributed by atoms with van der Waals surface area (Å²) < 4.78 is 0. The summed E-state index contributed by atoms with van der Waals surface area (Å²) in [7, 11) is 3.84. The number of amides is 1. The van der Waals surface area contributed by atoms with E-state index >= 15 is 0 Å². The van der Waals surface area contributed by atoms with Crippen LogP contribution in [0.1, 0.15) is 35.7 Å². The first-order valence-corrected chi connectivity index (χ1v) is 9.64. The Bertz CT molecular complexity index is 602. The molecule has 1 fully saturated rings. The SMILES string of the molecule is CCNC(=NCC1CCCN(C)C1)NCCc1cccc(C(=O)NC)c1. The first-order chi connectivity index (χ1) is 12.6. The summed E-state index contributed by atoms with van der Waals surface area (Å²) in [6.07, 6.45) is 3.38. The lowest BCUT2D eigenvalue weighted by atomic mass is 9.99. The van der Waals surface area contributed by atoms with Gasteiger partial charge in [-0.1, -0.05) is 12.1 Å². The highest BCUT2D eigenvalue weighted by Crippen LogP contribution is 2.15. The Labute approximate surface area is 157 Å². The summed E-state index contributed by atoms with van der Waals surface area (Å²) in [6.45, 7) is 6.92. The van der Waals surface area contributed by atoms with Crippen LogP contribution < -0.4 is 16.0 Å². The predicted octanol–water partition coefficient (Wildman–Crippen LogP) is 1.49. The van der Waals surface area contributed by atoms with Crippen molar-refractivity contribution < 1.29 is 4.79 Å². The molecule has 0 aliphatic carbocycles. The number of hydrogen-bond acceptors (Lipinski definition) is 3. The van der Waals surface area contributed by atoms with Gasteiger partial charge in [0.25, 0.3) is 5.91 Å². The van der Waals surface area contributed by atoms with E-state index in [1.165, 1.54) is 19.4 Å². The van der Waals surface area contributed by atoms with E-state index in [0.29, 0.717) is 11.5 Å². The third-order valence-corrected chi connectivity index (χ3v) is 4.70. The largest absolute Gasteiger partial charge is 0.357 e. The zero-order chi connectivity index (χ0) is 18.8. The van der Waals surface area contributed by atoms with Gasteiger partial charge in [-0.3, -0.25) is 9.79 Å². The molecule has 144 valence electrons. The fraction of sp³-hybridized carbons (Fsp3) is 0.600. The summed E-state index contributed by atoms with van der Waals surface area (Å²) in [4.78, 5) is 18.9. The lowest BCUT2D eigenvalue weighted by molar-refractivity contribution is 0.0963. The topological polar surface area (TPSA) is 68.8 Å². The van der Waals surface area contributed by atoms with E-state index in [1.807, 2.05) is 18.2 Å². The molecule has 6 heteroatoms. The average molecular weight is 360 g/mol. The Kier molecular flexibility index (Phi) is 8.41. The number of carbonyl (C=O) groups excluding carboxylic acids is 1. The van der Waals surface area contributed by atoms with Gasteiger partial charge in [0, 0.05) is 38.8 Å². The summed E-state index contributed by atoms with van der Waals surface area (Å²) in [5.41, 5.74) is 1.84. The summed E-state index contributed by atoms with van der Waals surface area (Å²) >= 11 is 0. The molecule has 1 unspecified atom stereocenters. The van der Waals surface area contributed by atoms with E-state index < -0.39 is 0 Å². The van der Waals surface area contributed by atoms with Gasteiger partial charge < -0.3 is 20.9 Å². The molecule has 2 rings (SSSR count). The van der Waals surface area contributed by atoms with Crippen molar-refractivity contribution >= 4 is 11.9 Å². The number of piperidine rings is 1. The highest BCUT2D eigenvalue weighted by molar-refractivity contribution is 5.94. The van der Waals surface area contributed by atoms with Gasteiger partial charge in [-0.15, -0.1) is 0 Å². The molecule has 6 nitrogen and oxygen atoms in total. The van der Waals surface area contributed by atoms with Gasteiger partial charge in [0.05, 0.1) is 0 Å². The molecule has 0 radical (unpaired) electrons. The van der Waals surface area contributed by atoms with E-state index in [4.69, 9.17) is 4.99 Å². The first-order valence-electron chi connectivity index (χ1n) is 9.64. The second-order valence-corrected chi connectivity index (χ2v) is 6.95. The Morgan fingerprint density at radius 2 is 2.19 bits per heavy atom. The highest BCUT2D eigenvalue weighted by Gasteiger charge is 2.16. The molecule has 1 aliphatic heterocycles. The van der Waals surface area contributed by atoms with Crippen LogP contribution in [0, 0.1) is 5.92 Å². The van der Waals surface area contributed by atoms with Crippen LogP contribution in [0.2, 0.25) is 0 Å². The number of rotatable bonds is 7. The molecule has 1 atom stereocenters. The minimum atomic E-state index is -0.0489. The maximum Gasteiger partial charge on any atom is 0.251 e. The number of hydrogen-bond donors (Lipinski definition) is 3. The molecule has 1 aromatic rings. The minimum absolute atomic E-state index is 0.0489. The summed E-state index contributed by atoms with van der Waals surface area (Å²) in [5, 5.41) is 9.39. The molecule has 1 aliphatic rings. The van der Waals surface area contributed by atoms with E-state index in [-0.39, 0.29) is 5.91 Å². The van der Waals surface area contributed by atoms with Gasteiger partial charge in [0.1, 0.15) is 0 Å². The fourth-order valence-electron chi connectivity index (χ4n) is 3.32. The fourth-order valence-corrected chi connectivity index (χ4v) is 3.32. The lowest BCUT2D eigenvalue weighted by Crippen LogP contribution is -2.39. The zero-order valence-electron chi connectivity index (χ0n) is 16.3. The molecule has 3 N–H and O–H groups in total. The molecule has 1 heterocycles. The maximum absolute atomic E-state index is 11.7. The number of guanidine groups is 1. The molecule has 26 heavy (non-hydrogen) atoms. The van der Waals surface area contributed by atoms with Crippen LogP contribution >= 0.6 is 0 Å². The number of likely N-dealkylation sites (tertiary alicyclic amines) is 1. The van der Waals surface area contributed by atoms with E-state index in [9.17, 15) is 4.79 Å². The molecular formula is C20H33N5O. The number of nitrogens with zero attached hydrogens (tertiary/aromatic N) is 2. The van der Waals surface area contributed by atoms with Crippen molar-refractivity contribution in [3.63, 3.8) is 0 Å². The van der Waals surface area contributed by atoms with Crippen molar-refractivity contribution in [1.82, 2.24) is 20.9 Å². The smallest absolute Gasteiger partial charge is 0.251 e. The van der Waals surface area contributed by atoms with Gasteiger partial charge in [-0.25, -0.2) is 0 Å². The molecule has 1 aromatic carbocycles. The normalized spacial score (nSPS) is 18.4. The lowest BCUT2D eigenvalue weighted by Gasteiger charge is -2.28. The number of aliphatic imine (C=N–C) groups is 1. The van der Waals surface area contributed by atoms with Crippen LogP contribution in [0.5, 0.6) is 0 Å². The van der Waals surface area contributed by atoms with Gasteiger partial charge in [0.2, 0.25) is 0 Å². The van der Waals surface area contributed by atoms with E-state index in [2.05, 4.69) is 40.9 Å². The summed E-state index contributed by atoms with van der Waals surface area (Å²) in [5.74, 6) is 1.48. The third kappa shape index (κ3) is 6.67. The van der Waals surface area contributed by atoms with Gasteiger partial charge >= 0.3 is 0 Å². The molecular weight excluding hydrogens is 326 g/mol. The van der Waals surface area contributed by atoms with Crippen LogP contribution in [0.15, 0.2) is 29.3 Å². The Morgan fingerprint density at radius 3 is 2.92 bits per heavy atom. The maximum atomic E-state index is 11.7. The number of benzene rings is 1. The van der Waals surface area contributed by atoms with Crippen molar-refractivity contribution in [2.75, 3.05) is 46.8 Å². The number of carbonyl (C=O) groups is 1. The van der Waals surface area contributed by atoms with Crippen LogP contribution in [0.4, 0.5) is 0 Å². The second kappa shape index (κ2) is 10.8. The molecule has 0 aromatic heterocycles. The van der Waals surface area contributed by atoms with Crippen LogP contribution in [-0.4, -0.2) is 63.6 Å². The van der Waals surface area contributed by atoms with E-state index in [1.54, 1.807) is 7.05 Å². The first kappa shape index (κ1) is 20.2. The number of nitrogens with one attached hydrogen (secondary N) is 3. The molecule has 0 spiro atoms. The zero-order valence-corrected chi connectivity index (χ0v) is 16.3. The standard InChI is InChI=1S/C20H33N5O/c1-4-22-20(24-14-17-8-6-12-25(3)15-17)23-11-10-16-7-5-9-18(13-16)19(26)21-2/h5,7,9,13,17H,4,6,8,10-12,14-15H2,1-3H3,(H,21,26)(H2,22,23,24). The minimum Gasteiger partial charge on any atom is -0.357 e. The van der Waals surface area contributed by atoms with Gasteiger partial charge in [-0.2, -0.15) is 0 Å². The monoisotopic (exact) mass is 359 g/mol. The van der Waals surface area contributed by atoms with Crippen molar-refractivity contribution in [1.29, 1.82) is 0 Å². The molecule has 1 amide bonds. The van der Waals surface area contributed by atoms with Gasteiger partial charge in [0.15, 0.2) is 5.96 Å². The van der Waals surface area contributed by atoms with Crippen molar-refractivity contribution in [3.8, 4) is 0 Å². The predicted molar refractivity (Wildman–Crippen MR) is 108 cm³/mol. The van der Waals surface area contributed by atoms with Crippen molar-refractivity contribution in [3.05, 3.63) is 35.4 Å². The van der Waals surface area contributed by atoms with Crippen LogP contribution in [-0.2, 0) is 6.42 Å². The van der Waals surface area contributed by atoms with Gasteiger partial charge in [-0.05, 0) is 63.4 Å². The van der Waals surface area contributed by atoms with Crippen molar-refractivity contribution in [2.45, 2.75) is 26.2 Å². The second-order valence-electron chi connectivity index (χ2n) is 6.95. The highest BCUT2D eigenvalue weighted by atomic mass is 16.1. The quantitative estimate of drug-likeness (QED) is 0.510. The average Bonchev–Trinajstić information content (AvgIpc) is 2.66. The van der Waals surface area contributed by atoms with Crippen LogP contribution in [0.25, 0.3) is 0 Å². The van der Waals surface area contributed by atoms with Crippen molar-refractivity contribution in [2.24, 2.45) is 10.9 Å². The third-order valence-electron chi connectivity index (χ3n) is 4.70. The Balaban J connectivity index is 1.84. The molecule has 0 bridgehead atoms. The Morgan fingerprint density at radius 1 is 1.35 bits per heavy atom. The molecule has 1 saturated heterocycles. The van der Waals surface area contributed by atoms with E-state index in [0.717, 1.165) is 44.1 Å². The molecule has 0 saturated carbocycles. The van der Waals surface area contributed by atoms with Crippen LogP contribution in [0.3, 0.4) is 0 Å². The Hall–Kier alpha value is -2.08. The summed E-state index contributed by atoms with van der Waals surface area (Å²) in [6, 6.07) is 7.76.